The van der Waals surface area contributed by atoms with Crippen LogP contribution in [0.15, 0.2) is 0 Å². The molecule has 13 heavy (non-hydrogen) atoms. The molecule has 78 valence electrons. The maximum absolute atomic E-state index is 3.64. The Morgan fingerprint density at radius 2 is 1.92 bits per heavy atom. The van der Waals surface area contributed by atoms with Gasteiger partial charge in [0.1, 0.15) is 0 Å². The fourth-order valence-corrected chi connectivity index (χ4v) is 1.91. The predicted octanol–water partition coefficient (Wildman–Crippen LogP) is 3.20. The molecule has 0 radical (unpaired) electrons. The minimum Gasteiger partial charge on any atom is -0.314 e. The van der Waals surface area contributed by atoms with Crippen molar-refractivity contribution in [1.82, 2.24) is 5.32 Å². The van der Waals surface area contributed by atoms with Crippen LogP contribution in [0.3, 0.4) is 0 Å². The van der Waals surface area contributed by atoms with Crippen molar-refractivity contribution >= 4 is 0 Å². The second-order valence-electron chi connectivity index (χ2n) is 5.89. The van der Waals surface area contributed by atoms with Gasteiger partial charge >= 0.3 is 0 Å². The van der Waals surface area contributed by atoms with Gasteiger partial charge in [-0.05, 0) is 43.6 Å². The van der Waals surface area contributed by atoms with Crippen molar-refractivity contribution in [1.29, 1.82) is 0 Å². The van der Waals surface area contributed by atoms with Gasteiger partial charge in [-0.2, -0.15) is 0 Å². The number of hydrogen-bond acceptors (Lipinski definition) is 1. The van der Waals surface area contributed by atoms with Gasteiger partial charge in [0.15, 0.2) is 0 Å². The molecule has 1 saturated heterocycles. The van der Waals surface area contributed by atoms with Crippen molar-refractivity contribution in [3.8, 4) is 0 Å². The van der Waals surface area contributed by atoms with Crippen LogP contribution in [0.2, 0.25) is 0 Å². The lowest BCUT2D eigenvalue weighted by molar-refractivity contribution is 0.273. The van der Waals surface area contributed by atoms with Crippen molar-refractivity contribution in [3.05, 3.63) is 0 Å². The second kappa shape index (κ2) is 4.45. The van der Waals surface area contributed by atoms with Crippen LogP contribution in [0, 0.1) is 11.3 Å². The van der Waals surface area contributed by atoms with Gasteiger partial charge in [0.2, 0.25) is 0 Å². The molecule has 0 amide bonds. The third-order valence-electron chi connectivity index (χ3n) is 3.01. The molecule has 0 spiro atoms. The van der Waals surface area contributed by atoms with Crippen LogP contribution in [-0.4, -0.2) is 12.6 Å². The van der Waals surface area contributed by atoms with Crippen molar-refractivity contribution in [2.24, 2.45) is 11.3 Å². The molecule has 1 N–H and O–H groups in total. The van der Waals surface area contributed by atoms with E-state index in [0.717, 1.165) is 12.0 Å². The van der Waals surface area contributed by atoms with Crippen LogP contribution in [-0.2, 0) is 0 Å². The fourth-order valence-electron chi connectivity index (χ4n) is 1.91. The van der Waals surface area contributed by atoms with Crippen LogP contribution in [0.1, 0.15) is 53.4 Å². The monoisotopic (exact) mass is 183 g/mol. The van der Waals surface area contributed by atoms with Crippen LogP contribution in [0.4, 0.5) is 0 Å². The third-order valence-corrected chi connectivity index (χ3v) is 3.01. The fraction of sp³-hybridized carbons (Fsp3) is 1.00. The van der Waals surface area contributed by atoms with Gasteiger partial charge in [-0.1, -0.05) is 27.7 Å². The molecule has 0 aliphatic carbocycles. The highest BCUT2D eigenvalue weighted by atomic mass is 14.9. The minimum atomic E-state index is 0.505. The Balaban J connectivity index is 2.16. The van der Waals surface area contributed by atoms with Crippen molar-refractivity contribution < 1.29 is 0 Å². The lowest BCUT2D eigenvalue weighted by Crippen LogP contribution is -2.38. The molecule has 0 saturated carbocycles. The first-order chi connectivity index (χ1) is 5.97. The summed E-state index contributed by atoms with van der Waals surface area (Å²) in [4.78, 5) is 0. The molecule has 1 nitrogen and oxygen atoms in total. The zero-order valence-electron chi connectivity index (χ0n) is 9.69. The molecule has 1 aliphatic rings. The summed E-state index contributed by atoms with van der Waals surface area (Å²) >= 11 is 0. The summed E-state index contributed by atoms with van der Waals surface area (Å²) < 4.78 is 0. The number of hydrogen-bond donors (Lipinski definition) is 1. The quantitative estimate of drug-likeness (QED) is 0.693. The summed E-state index contributed by atoms with van der Waals surface area (Å²) in [6.45, 7) is 10.6. The molecule has 1 fully saturated rings. The van der Waals surface area contributed by atoms with Crippen LogP contribution < -0.4 is 5.32 Å². The van der Waals surface area contributed by atoms with Gasteiger partial charge in [-0.15, -0.1) is 0 Å². The molecule has 1 heterocycles. The first kappa shape index (κ1) is 11.0. The van der Waals surface area contributed by atoms with E-state index in [2.05, 4.69) is 33.0 Å². The molecule has 1 rings (SSSR count). The van der Waals surface area contributed by atoms with Crippen LogP contribution >= 0.6 is 0 Å². The third kappa shape index (κ3) is 4.66. The van der Waals surface area contributed by atoms with Crippen molar-refractivity contribution in [2.45, 2.75) is 59.4 Å². The number of piperidine rings is 1. The van der Waals surface area contributed by atoms with Crippen LogP contribution in [0.5, 0.6) is 0 Å². The van der Waals surface area contributed by atoms with E-state index in [4.69, 9.17) is 0 Å². The number of nitrogens with one attached hydrogen (secondary N) is 1. The molecule has 2 unspecified atom stereocenters. The smallest absolute Gasteiger partial charge is 0.00674 e. The first-order valence-electron chi connectivity index (χ1n) is 5.71. The topological polar surface area (TPSA) is 12.0 Å². The van der Waals surface area contributed by atoms with E-state index in [0.29, 0.717) is 5.41 Å². The Morgan fingerprint density at radius 1 is 1.23 bits per heavy atom. The van der Waals surface area contributed by atoms with E-state index in [-0.39, 0.29) is 0 Å². The molecule has 1 heteroatoms. The zero-order chi connectivity index (χ0) is 9.90. The first-order valence-corrected chi connectivity index (χ1v) is 5.71. The molecule has 1 aliphatic heterocycles. The summed E-state index contributed by atoms with van der Waals surface area (Å²) in [5, 5.41) is 3.64. The molecular formula is C12H25N. The highest BCUT2D eigenvalue weighted by Crippen LogP contribution is 2.24. The molecule has 0 aromatic rings. The van der Waals surface area contributed by atoms with E-state index >= 15 is 0 Å². The summed E-state index contributed by atoms with van der Waals surface area (Å²) in [6, 6.07) is 0.801. The van der Waals surface area contributed by atoms with E-state index in [9.17, 15) is 0 Å². The van der Waals surface area contributed by atoms with E-state index in [1.54, 1.807) is 0 Å². The Kier molecular flexibility index (Phi) is 3.78. The van der Waals surface area contributed by atoms with Gasteiger partial charge in [-0.3, -0.25) is 0 Å². The van der Waals surface area contributed by atoms with E-state index < -0.39 is 0 Å². The van der Waals surface area contributed by atoms with Gasteiger partial charge in [-0.25, -0.2) is 0 Å². The second-order valence-corrected chi connectivity index (χ2v) is 5.89. The lowest BCUT2D eigenvalue weighted by atomic mass is 9.86. The Labute approximate surface area is 83.3 Å². The maximum Gasteiger partial charge on any atom is 0.00674 e. The van der Waals surface area contributed by atoms with Gasteiger partial charge < -0.3 is 5.32 Å². The van der Waals surface area contributed by atoms with E-state index in [1.165, 1.54) is 32.2 Å². The largest absolute Gasteiger partial charge is 0.314 e. The predicted molar refractivity (Wildman–Crippen MR) is 58.9 cm³/mol. The standard InChI is InChI=1S/C12H25N/c1-10-5-6-11(13-9-10)7-8-12(2,3)4/h10-11,13H,5-9H2,1-4H3. The summed E-state index contributed by atoms with van der Waals surface area (Å²) in [6.07, 6.45) is 5.51. The Morgan fingerprint density at radius 3 is 2.38 bits per heavy atom. The maximum atomic E-state index is 3.64. The summed E-state index contributed by atoms with van der Waals surface area (Å²) in [5.74, 6) is 0.894. The summed E-state index contributed by atoms with van der Waals surface area (Å²) in [5.41, 5.74) is 0.505. The molecule has 2 atom stereocenters. The zero-order valence-corrected chi connectivity index (χ0v) is 9.69. The van der Waals surface area contributed by atoms with E-state index in [1.807, 2.05) is 0 Å². The SMILES string of the molecule is CC1CCC(CCC(C)(C)C)NC1. The molecule has 0 aromatic carbocycles. The average molecular weight is 183 g/mol. The highest BCUT2D eigenvalue weighted by Gasteiger charge is 2.19. The minimum absolute atomic E-state index is 0.505. The Hall–Kier alpha value is -0.0400. The molecular weight excluding hydrogens is 158 g/mol. The lowest BCUT2D eigenvalue weighted by Gasteiger charge is -2.30. The highest BCUT2D eigenvalue weighted by molar-refractivity contribution is 4.77. The van der Waals surface area contributed by atoms with Crippen molar-refractivity contribution in [2.75, 3.05) is 6.54 Å². The van der Waals surface area contributed by atoms with Gasteiger partial charge in [0.25, 0.3) is 0 Å². The van der Waals surface area contributed by atoms with Crippen LogP contribution in [0.25, 0.3) is 0 Å². The number of rotatable bonds is 2. The Bertz CT molecular complexity index is 138. The normalized spacial score (nSPS) is 30.5. The molecule has 0 bridgehead atoms. The average Bonchev–Trinajstić information content (AvgIpc) is 2.02. The van der Waals surface area contributed by atoms with Gasteiger partial charge in [0, 0.05) is 6.04 Å². The summed E-state index contributed by atoms with van der Waals surface area (Å²) in [7, 11) is 0. The van der Waals surface area contributed by atoms with Crippen molar-refractivity contribution in [3.63, 3.8) is 0 Å². The van der Waals surface area contributed by atoms with Gasteiger partial charge in [0.05, 0.1) is 0 Å². The molecule has 0 aromatic heterocycles.